The van der Waals surface area contributed by atoms with Gasteiger partial charge >= 0.3 is 0 Å². The minimum Gasteiger partial charge on any atom is -0.299 e. The van der Waals surface area contributed by atoms with Crippen molar-refractivity contribution in [3.8, 4) is 0 Å². The molecule has 1 fully saturated rings. The van der Waals surface area contributed by atoms with Crippen LogP contribution in [0.4, 0.5) is 0 Å². The fourth-order valence-corrected chi connectivity index (χ4v) is 1.69. The quantitative estimate of drug-likeness (QED) is 0.490. The molecule has 0 aromatic heterocycles. The molecule has 0 saturated heterocycles. The molecule has 11 heavy (non-hydrogen) atoms. The van der Waals surface area contributed by atoms with Crippen LogP contribution in [0.2, 0.25) is 0 Å². The van der Waals surface area contributed by atoms with Gasteiger partial charge in [0.2, 0.25) is 0 Å². The molecule has 0 bridgehead atoms. The van der Waals surface area contributed by atoms with E-state index in [4.69, 9.17) is 0 Å². The highest BCUT2D eigenvalue weighted by molar-refractivity contribution is 5.84. The Labute approximate surface area is 69.2 Å². The average molecular weight is 154 g/mol. The lowest BCUT2D eigenvalue weighted by molar-refractivity contribution is -0.128. The number of hydrogen-bond donors (Lipinski definition) is 0. The maximum absolute atomic E-state index is 11.5. The maximum Gasteiger partial charge on any atom is 0.138 e. The van der Waals surface area contributed by atoms with Crippen molar-refractivity contribution in [3.05, 3.63) is 0 Å². The lowest BCUT2D eigenvalue weighted by Crippen LogP contribution is -2.29. The van der Waals surface area contributed by atoms with E-state index in [9.17, 15) is 4.79 Å². The van der Waals surface area contributed by atoms with Crippen LogP contribution in [0.15, 0.2) is 0 Å². The van der Waals surface area contributed by atoms with Gasteiger partial charge in [0.05, 0.1) is 0 Å². The molecule has 0 amide bonds. The summed E-state index contributed by atoms with van der Waals surface area (Å²) in [5, 5.41) is 0. The lowest BCUT2D eigenvalue weighted by Gasteiger charge is -2.27. The van der Waals surface area contributed by atoms with Gasteiger partial charge in [-0.15, -0.1) is 0 Å². The first kappa shape index (κ1) is 8.76. The van der Waals surface area contributed by atoms with E-state index in [1.165, 1.54) is 12.8 Å². The van der Waals surface area contributed by atoms with E-state index in [0.717, 1.165) is 12.8 Å². The SMILES string of the molecule is CC1CCCCC(=O)C1(C)C. The summed E-state index contributed by atoms with van der Waals surface area (Å²) in [5.41, 5.74) is -0.0590. The largest absolute Gasteiger partial charge is 0.299 e. The fraction of sp³-hybridized carbons (Fsp3) is 0.900. The summed E-state index contributed by atoms with van der Waals surface area (Å²) in [4.78, 5) is 11.5. The average Bonchev–Trinajstić information content (AvgIpc) is 2.03. The summed E-state index contributed by atoms with van der Waals surface area (Å²) < 4.78 is 0. The van der Waals surface area contributed by atoms with Gasteiger partial charge in [0.1, 0.15) is 5.78 Å². The second-order valence-electron chi connectivity index (χ2n) is 4.29. The highest BCUT2D eigenvalue weighted by atomic mass is 16.1. The predicted molar refractivity (Wildman–Crippen MR) is 46.4 cm³/mol. The summed E-state index contributed by atoms with van der Waals surface area (Å²) >= 11 is 0. The van der Waals surface area contributed by atoms with Crippen molar-refractivity contribution in [2.75, 3.05) is 0 Å². The zero-order chi connectivity index (χ0) is 8.48. The molecule has 1 aliphatic carbocycles. The number of Topliss-reactive ketones (excluding diaryl/α,β-unsaturated/α-hetero) is 1. The normalized spacial score (nSPS) is 31.5. The molecule has 0 aromatic rings. The number of carbonyl (C=O) groups is 1. The van der Waals surface area contributed by atoms with Crippen LogP contribution < -0.4 is 0 Å². The Kier molecular flexibility index (Phi) is 2.36. The zero-order valence-electron chi connectivity index (χ0n) is 7.81. The van der Waals surface area contributed by atoms with E-state index >= 15 is 0 Å². The molecule has 1 rings (SSSR count). The number of ketones is 1. The van der Waals surface area contributed by atoms with Gasteiger partial charge in [-0.2, -0.15) is 0 Å². The van der Waals surface area contributed by atoms with Crippen LogP contribution in [-0.2, 0) is 4.79 Å². The molecule has 1 atom stereocenters. The van der Waals surface area contributed by atoms with Crippen LogP contribution in [0, 0.1) is 11.3 Å². The van der Waals surface area contributed by atoms with Crippen LogP contribution in [0.1, 0.15) is 46.5 Å². The molecular formula is C10H18O. The van der Waals surface area contributed by atoms with Gasteiger partial charge in [0.25, 0.3) is 0 Å². The van der Waals surface area contributed by atoms with Crippen molar-refractivity contribution in [2.45, 2.75) is 46.5 Å². The van der Waals surface area contributed by atoms with Crippen LogP contribution in [-0.4, -0.2) is 5.78 Å². The van der Waals surface area contributed by atoms with Gasteiger partial charge in [0, 0.05) is 11.8 Å². The predicted octanol–water partition coefficient (Wildman–Crippen LogP) is 2.79. The molecule has 1 saturated carbocycles. The van der Waals surface area contributed by atoms with E-state index in [-0.39, 0.29) is 5.41 Å². The van der Waals surface area contributed by atoms with Crippen molar-refractivity contribution < 1.29 is 4.79 Å². The van der Waals surface area contributed by atoms with E-state index in [0.29, 0.717) is 11.7 Å². The Morgan fingerprint density at radius 3 is 2.64 bits per heavy atom. The summed E-state index contributed by atoms with van der Waals surface area (Å²) in [6, 6.07) is 0. The second kappa shape index (κ2) is 2.96. The zero-order valence-corrected chi connectivity index (χ0v) is 7.81. The highest BCUT2D eigenvalue weighted by Crippen LogP contribution is 2.35. The fourth-order valence-electron chi connectivity index (χ4n) is 1.69. The van der Waals surface area contributed by atoms with E-state index in [2.05, 4.69) is 20.8 Å². The van der Waals surface area contributed by atoms with Crippen molar-refractivity contribution in [2.24, 2.45) is 11.3 Å². The molecule has 1 aliphatic rings. The van der Waals surface area contributed by atoms with Gasteiger partial charge in [-0.1, -0.05) is 27.2 Å². The highest BCUT2D eigenvalue weighted by Gasteiger charge is 2.34. The Morgan fingerprint density at radius 2 is 2.00 bits per heavy atom. The molecule has 0 aromatic carbocycles. The van der Waals surface area contributed by atoms with Gasteiger partial charge in [-0.05, 0) is 18.8 Å². The van der Waals surface area contributed by atoms with Gasteiger partial charge in [-0.3, -0.25) is 4.79 Å². The third-order valence-electron chi connectivity index (χ3n) is 3.24. The minimum absolute atomic E-state index is 0.0590. The third-order valence-corrected chi connectivity index (χ3v) is 3.24. The van der Waals surface area contributed by atoms with Crippen molar-refractivity contribution in [3.63, 3.8) is 0 Å². The summed E-state index contributed by atoms with van der Waals surface area (Å²) in [5.74, 6) is 1.03. The smallest absolute Gasteiger partial charge is 0.138 e. The first-order valence-corrected chi connectivity index (χ1v) is 4.58. The van der Waals surface area contributed by atoms with Gasteiger partial charge in [0.15, 0.2) is 0 Å². The molecule has 1 heteroatoms. The molecule has 1 nitrogen and oxygen atoms in total. The lowest BCUT2D eigenvalue weighted by atomic mass is 9.75. The van der Waals surface area contributed by atoms with Crippen molar-refractivity contribution in [1.82, 2.24) is 0 Å². The monoisotopic (exact) mass is 154 g/mol. The molecule has 0 N–H and O–H groups in total. The second-order valence-corrected chi connectivity index (χ2v) is 4.29. The van der Waals surface area contributed by atoms with E-state index < -0.39 is 0 Å². The summed E-state index contributed by atoms with van der Waals surface area (Å²) in [6.07, 6.45) is 4.36. The van der Waals surface area contributed by atoms with Crippen LogP contribution in [0.25, 0.3) is 0 Å². The minimum atomic E-state index is -0.0590. The molecule has 0 heterocycles. The van der Waals surface area contributed by atoms with E-state index in [1.54, 1.807) is 0 Å². The maximum atomic E-state index is 11.5. The molecular weight excluding hydrogens is 136 g/mol. The molecule has 0 radical (unpaired) electrons. The Hall–Kier alpha value is -0.330. The standard InChI is InChI=1S/C10H18O/c1-8-6-4-5-7-9(11)10(8,2)3/h8H,4-7H2,1-3H3. The van der Waals surface area contributed by atoms with Gasteiger partial charge < -0.3 is 0 Å². The third kappa shape index (κ3) is 1.63. The first-order valence-electron chi connectivity index (χ1n) is 4.58. The van der Waals surface area contributed by atoms with Crippen LogP contribution in [0.3, 0.4) is 0 Å². The molecule has 0 aliphatic heterocycles. The summed E-state index contributed by atoms with van der Waals surface area (Å²) in [6.45, 7) is 6.37. The Morgan fingerprint density at radius 1 is 1.36 bits per heavy atom. The Bertz CT molecular complexity index is 158. The van der Waals surface area contributed by atoms with E-state index in [1.807, 2.05) is 0 Å². The van der Waals surface area contributed by atoms with Crippen molar-refractivity contribution >= 4 is 5.78 Å². The number of hydrogen-bond acceptors (Lipinski definition) is 1. The topological polar surface area (TPSA) is 17.1 Å². The molecule has 1 unspecified atom stereocenters. The number of carbonyl (C=O) groups excluding carboxylic acids is 1. The first-order chi connectivity index (χ1) is 5.05. The van der Waals surface area contributed by atoms with Crippen LogP contribution >= 0.6 is 0 Å². The molecule has 64 valence electrons. The van der Waals surface area contributed by atoms with Crippen molar-refractivity contribution in [1.29, 1.82) is 0 Å². The van der Waals surface area contributed by atoms with Gasteiger partial charge in [-0.25, -0.2) is 0 Å². The molecule has 0 spiro atoms. The number of rotatable bonds is 0. The summed E-state index contributed by atoms with van der Waals surface area (Å²) in [7, 11) is 0. The Balaban J connectivity index is 2.76. The van der Waals surface area contributed by atoms with Crippen LogP contribution in [0.5, 0.6) is 0 Å².